The summed E-state index contributed by atoms with van der Waals surface area (Å²) in [7, 11) is 0. The van der Waals surface area contributed by atoms with Crippen molar-refractivity contribution in [2.45, 2.75) is 18.7 Å². The van der Waals surface area contributed by atoms with Crippen LogP contribution in [0, 0.1) is 0 Å². The van der Waals surface area contributed by atoms with Crippen molar-refractivity contribution in [3.63, 3.8) is 0 Å². The second-order valence-corrected chi connectivity index (χ2v) is 3.54. The molecule has 0 aliphatic heterocycles. The minimum atomic E-state index is -0.247. The number of thiol groups is 1. The Labute approximate surface area is 82.8 Å². The van der Waals surface area contributed by atoms with Crippen LogP contribution in [0.15, 0.2) is 18.7 Å². The number of rotatable bonds is 4. The third kappa shape index (κ3) is 3.50. The molecule has 0 aliphatic rings. The molecule has 1 aromatic rings. The van der Waals surface area contributed by atoms with Crippen LogP contribution in [0.2, 0.25) is 0 Å². The zero-order chi connectivity index (χ0) is 9.68. The normalized spacial score (nSPS) is 12.5. The molecule has 0 aromatic carbocycles. The molecule has 0 spiro atoms. The Hall–Kier alpha value is -0.970. The molecular formula is C8H13N3OS. The molecule has 72 valence electrons. The van der Waals surface area contributed by atoms with E-state index in [2.05, 4.69) is 22.9 Å². The molecule has 4 nitrogen and oxygen atoms in total. The van der Waals surface area contributed by atoms with Crippen molar-refractivity contribution < 1.29 is 4.79 Å². The Kier molecular flexibility index (Phi) is 3.82. The SMILES string of the molecule is CC(S)C(=O)NCCn1ccnc1. The number of carbonyl (C=O) groups excluding carboxylic acids is 1. The third-order valence-corrected chi connectivity index (χ3v) is 1.84. The summed E-state index contributed by atoms with van der Waals surface area (Å²) in [5.41, 5.74) is 0. The van der Waals surface area contributed by atoms with Crippen LogP contribution in [0.3, 0.4) is 0 Å². The molecule has 0 aliphatic carbocycles. The first kappa shape index (κ1) is 10.1. The predicted octanol–water partition coefficient (Wildman–Crippen LogP) is 0.318. The molecule has 1 amide bonds. The van der Waals surface area contributed by atoms with Gasteiger partial charge in [0.2, 0.25) is 5.91 Å². The number of hydrogen-bond donors (Lipinski definition) is 2. The molecule has 0 fully saturated rings. The van der Waals surface area contributed by atoms with Gasteiger partial charge in [0.15, 0.2) is 0 Å². The maximum atomic E-state index is 11.1. The fraction of sp³-hybridized carbons (Fsp3) is 0.500. The van der Waals surface area contributed by atoms with Crippen molar-refractivity contribution in [2.24, 2.45) is 0 Å². The van der Waals surface area contributed by atoms with Crippen LogP contribution in [-0.2, 0) is 11.3 Å². The Morgan fingerprint density at radius 3 is 3.08 bits per heavy atom. The average Bonchev–Trinajstić information content (AvgIpc) is 2.56. The summed E-state index contributed by atoms with van der Waals surface area (Å²) < 4.78 is 1.91. The first-order chi connectivity index (χ1) is 6.20. The molecule has 0 saturated heterocycles. The first-order valence-corrected chi connectivity index (χ1v) is 4.63. The lowest BCUT2D eigenvalue weighted by molar-refractivity contribution is -0.120. The number of imidazole rings is 1. The first-order valence-electron chi connectivity index (χ1n) is 4.11. The van der Waals surface area contributed by atoms with E-state index in [1.807, 2.05) is 10.8 Å². The van der Waals surface area contributed by atoms with Gasteiger partial charge in [-0.1, -0.05) is 0 Å². The Bertz CT molecular complexity index is 258. The largest absolute Gasteiger partial charge is 0.353 e. The molecule has 1 rings (SSSR count). The lowest BCUT2D eigenvalue weighted by Gasteiger charge is -2.06. The fourth-order valence-corrected chi connectivity index (χ4v) is 0.966. The minimum absolute atomic E-state index is 0.0385. The highest BCUT2D eigenvalue weighted by molar-refractivity contribution is 7.81. The van der Waals surface area contributed by atoms with E-state index in [-0.39, 0.29) is 11.2 Å². The Balaban J connectivity index is 2.18. The van der Waals surface area contributed by atoms with Crippen molar-refractivity contribution in [3.05, 3.63) is 18.7 Å². The lowest BCUT2D eigenvalue weighted by atomic mass is 10.4. The zero-order valence-corrected chi connectivity index (χ0v) is 8.37. The topological polar surface area (TPSA) is 46.9 Å². The number of amides is 1. The summed E-state index contributed by atoms with van der Waals surface area (Å²) in [5.74, 6) is -0.0385. The molecule has 1 unspecified atom stereocenters. The summed E-state index contributed by atoms with van der Waals surface area (Å²) in [6.45, 7) is 3.10. The highest BCUT2D eigenvalue weighted by Gasteiger charge is 2.05. The van der Waals surface area contributed by atoms with Crippen molar-refractivity contribution in [3.8, 4) is 0 Å². The molecule has 5 heteroatoms. The van der Waals surface area contributed by atoms with Crippen molar-refractivity contribution in [1.82, 2.24) is 14.9 Å². The minimum Gasteiger partial charge on any atom is -0.353 e. The summed E-state index contributed by atoms with van der Waals surface area (Å²) in [6.07, 6.45) is 5.29. The van der Waals surface area contributed by atoms with Crippen LogP contribution in [0.5, 0.6) is 0 Å². The van der Waals surface area contributed by atoms with Gasteiger partial charge in [-0.25, -0.2) is 4.98 Å². The fourth-order valence-electron chi connectivity index (χ4n) is 0.875. The average molecular weight is 199 g/mol. The number of nitrogens with zero attached hydrogens (tertiary/aromatic N) is 2. The molecule has 1 atom stereocenters. The Morgan fingerprint density at radius 2 is 2.54 bits per heavy atom. The maximum absolute atomic E-state index is 11.1. The van der Waals surface area contributed by atoms with E-state index in [1.54, 1.807) is 19.4 Å². The van der Waals surface area contributed by atoms with Gasteiger partial charge in [0.25, 0.3) is 0 Å². The third-order valence-electron chi connectivity index (χ3n) is 1.61. The smallest absolute Gasteiger partial charge is 0.232 e. The van der Waals surface area contributed by atoms with Gasteiger partial charge < -0.3 is 9.88 Å². The van der Waals surface area contributed by atoms with E-state index in [0.717, 1.165) is 6.54 Å². The second kappa shape index (κ2) is 4.91. The molecule has 0 bridgehead atoms. The summed E-state index contributed by atoms with van der Waals surface area (Å²) >= 11 is 4.01. The molecule has 13 heavy (non-hydrogen) atoms. The standard InChI is InChI=1S/C8H13N3OS/c1-7(13)8(12)10-3-5-11-4-2-9-6-11/h2,4,6-7,13H,3,5H2,1H3,(H,10,12). The van der Waals surface area contributed by atoms with Crippen LogP contribution in [0.1, 0.15) is 6.92 Å². The van der Waals surface area contributed by atoms with Crippen LogP contribution in [0.25, 0.3) is 0 Å². The summed E-state index contributed by atoms with van der Waals surface area (Å²) in [4.78, 5) is 14.9. The van der Waals surface area contributed by atoms with Gasteiger partial charge in [0.1, 0.15) is 0 Å². The van der Waals surface area contributed by atoms with Crippen molar-refractivity contribution in [2.75, 3.05) is 6.54 Å². The number of carbonyl (C=O) groups is 1. The summed E-state index contributed by atoms with van der Waals surface area (Å²) in [6, 6.07) is 0. The van der Waals surface area contributed by atoms with Gasteiger partial charge in [0.05, 0.1) is 11.6 Å². The van der Waals surface area contributed by atoms with Crippen molar-refractivity contribution >= 4 is 18.5 Å². The van der Waals surface area contributed by atoms with E-state index in [9.17, 15) is 4.79 Å². The van der Waals surface area contributed by atoms with Gasteiger partial charge in [-0.3, -0.25) is 4.79 Å². The van der Waals surface area contributed by atoms with E-state index in [1.165, 1.54) is 0 Å². The quantitative estimate of drug-likeness (QED) is 0.686. The van der Waals surface area contributed by atoms with Crippen LogP contribution < -0.4 is 5.32 Å². The Morgan fingerprint density at radius 1 is 1.77 bits per heavy atom. The molecule has 1 heterocycles. The predicted molar refractivity (Wildman–Crippen MR) is 53.7 cm³/mol. The highest BCUT2D eigenvalue weighted by Crippen LogP contribution is 1.91. The molecule has 0 radical (unpaired) electrons. The second-order valence-electron chi connectivity index (χ2n) is 2.77. The van der Waals surface area contributed by atoms with Crippen molar-refractivity contribution in [1.29, 1.82) is 0 Å². The van der Waals surface area contributed by atoms with Gasteiger partial charge >= 0.3 is 0 Å². The molecule has 1 N–H and O–H groups in total. The number of aromatic nitrogens is 2. The monoisotopic (exact) mass is 199 g/mol. The van der Waals surface area contributed by atoms with E-state index in [0.29, 0.717) is 6.54 Å². The number of nitrogens with one attached hydrogen (secondary N) is 1. The maximum Gasteiger partial charge on any atom is 0.232 e. The molecule has 1 aromatic heterocycles. The van der Waals surface area contributed by atoms with Gasteiger partial charge in [-0.05, 0) is 6.92 Å². The molecule has 0 saturated carbocycles. The molecular weight excluding hydrogens is 186 g/mol. The van der Waals surface area contributed by atoms with Crippen LogP contribution >= 0.6 is 12.6 Å². The van der Waals surface area contributed by atoms with E-state index < -0.39 is 0 Å². The zero-order valence-electron chi connectivity index (χ0n) is 7.47. The van der Waals surface area contributed by atoms with Gasteiger partial charge in [-0.2, -0.15) is 12.6 Å². The van der Waals surface area contributed by atoms with Gasteiger partial charge in [-0.15, -0.1) is 0 Å². The van der Waals surface area contributed by atoms with Crippen LogP contribution in [-0.4, -0.2) is 27.3 Å². The highest BCUT2D eigenvalue weighted by atomic mass is 32.1. The van der Waals surface area contributed by atoms with Gasteiger partial charge in [0, 0.05) is 25.5 Å². The summed E-state index contributed by atoms with van der Waals surface area (Å²) in [5, 5.41) is 2.51. The number of hydrogen-bond acceptors (Lipinski definition) is 3. The van der Waals surface area contributed by atoms with Crippen LogP contribution in [0.4, 0.5) is 0 Å². The lowest BCUT2D eigenvalue weighted by Crippen LogP contribution is -2.32. The van der Waals surface area contributed by atoms with E-state index in [4.69, 9.17) is 0 Å². The van der Waals surface area contributed by atoms with E-state index >= 15 is 0 Å².